The molecule has 0 saturated carbocycles. The number of esters is 1. The van der Waals surface area contributed by atoms with E-state index < -0.39 is 6.10 Å². The monoisotopic (exact) mass is 314 g/mol. The van der Waals surface area contributed by atoms with Gasteiger partial charge in [-0.3, -0.25) is 4.79 Å². The number of carbonyl (C=O) groups is 1. The third kappa shape index (κ3) is 7.94. The highest BCUT2D eigenvalue weighted by molar-refractivity contribution is 5.67. The molecule has 2 nitrogen and oxygen atoms in total. The largest absolute Gasteiger partial charge is 0.445 e. The normalized spacial score (nSPS) is 15.1. The zero-order valence-electron chi connectivity index (χ0n) is 15.0. The molecule has 0 amide bonds. The molecule has 0 aliphatic heterocycles. The van der Waals surface area contributed by atoms with E-state index in [1.165, 1.54) is 13.3 Å². The van der Waals surface area contributed by atoms with Crippen LogP contribution >= 0.6 is 0 Å². The molecule has 1 rings (SSSR count). The number of unbranched alkanes of at least 4 members (excludes halogenated alkanes) is 4. The van der Waals surface area contributed by atoms with Crippen molar-refractivity contribution >= 4 is 5.97 Å². The van der Waals surface area contributed by atoms with Crippen LogP contribution in [0.4, 0.5) is 0 Å². The average Bonchev–Trinajstić information content (AvgIpc) is 2.54. The van der Waals surface area contributed by atoms with E-state index in [0.717, 1.165) is 68.9 Å². The van der Waals surface area contributed by atoms with Gasteiger partial charge in [0.25, 0.3) is 0 Å². The molecule has 23 heavy (non-hydrogen) atoms. The molecular formula is C21H30O2. The van der Waals surface area contributed by atoms with Gasteiger partial charge in [-0.1, -0.05) is 50.4 Å². The lowest BCUT2D eigenvalue weighted by Gasteiger charge is -2.21. The van der Waals surface area contributed by atoms with Crippen LogP contribution in [0.3, 0.4) is 0 Å². The van der Waals surface area contributed by atoms with E-state index in [1.807, 2.05) is 0 Å². The predicted octanol–water partition coefficient (Wildman–Crippen LogP) is 5.18. The predicted molar refractivity (Wildman–Crippen MR) is 95.7 cm³/mol. The second-order valence-corrected chi connectivity index (χ2v) is 6.03. The molecule has 0 aromatic rings. The van der Waals surface area contributed by atoms with E-state index in [1.54, 1.807) is 0 Å². The molecule has 0 heterocycles. The fourth-order valence-corrected chi connectivity index (χ4v) is 2.58. The van der Waals surface area contributed by atoms with Crippen LogP contribution in [0.15, 0.2) is 11.1 Å². The highest BCUT2D eigenvalue weighted by Gasteiger charge is 2.21. The van der Waals surface area contributed by atoms with Crippen LogP contribution < -0.4 is 0 Å². The maximum atomic E-state index is 11.4. The van der Waals surface area contributed by atoms with Crippen molar-refractivity contribution in [1.29, 1.82) is 0 Å². The maximum Gasteiger partial charge on any atom is 0.304 e. The van der Waals surface area contributed by atoms with Crippen molar-refractivity contribution in [3.05, 3.63) is 11.1 Å². The van der Waals surface area contributed by atoms with Crippen molar-refractivity contribution in [2.24, 2.45) is 0 Å². The number of hydrogen-bond acceptors (Lipinski definition) is 2. The molecule has 0 spiro atoms. The molecule has 2 heteroatoms. The van der Waals surface area contributed by atoms with Crippen LogP contribution in [0, 0.1) is 23.7 Å². The van der Waals surface area contributed by atoms with Gasteiger partial charge in [0.15, 0.2) is 6.10 Å². The minimum Gasteiger partial charge on any atom is -0.445 e. The van der Waals surface area contributed by atoms with Gasteiger partial charge in [0.2, 0.25) is 0 Å². The van der Waals surface area contributed by atoms with Gasteiger partial charge in [-0.2, -0.15) is 0 Å². The lowest BCUT2D eigenvalue weighted by Crippen LogP contribution is -2.20. The Bertz CT molecular complexity index is 520. The number of ether oxygens (including phenoxy) is 1. The highest BCUT2D eigenvalue weighted by atomic mass is 16.5. The smallest absolute Gasteiger partial charge is 0.304 e. The highest BCUT2D eigenvalue weighted by Crippen LogP contribution is 2.28. The van der Waals surface area contributed by atoms with E-state index >= 15 is 0 Å². The first kappa shape index (κ1) is 19.4. The van der Waals surface area contributed by atoms with Gasteiger partial charge < -0.3 is 4.74 Å². The van der Waals surface area contributed by atoms with Crippen molar-refractivity contribution in [2.45, 2.75) is 91.1 Å². The van der Waals surface area contributed by atoms with Crippen LogP contribution in [0.2, 0.25) is 0 Å². The Morgan fingerprint density at radius 2 is 1.74 bits per heavy atom. The number of allylic oxidation sites excluding steroid dienone is 1. The minimum atomic E-state index is -0.403. The third-order valence-corrected chi connectivity index (χ3v) is 3.89. The lowest BCUT2D eigenvalue weighted by atomic mass is 9.88. The molecule has 1 unspecified atom stereocenters. The zero-order chi connectivity index (χ0) is 16.9. The Labute approximate surface area is 142 Å². The average molecular weight is 314 g/mol. The molecule has 0 saturated heterocycles. The Morgan fingerprint density at radius 3 is 2.39 bits per heavy atom. The quantitative estimate of drug-likeness (QED) is 0.384. The summed E-state index contributed by atoms with van der Waals surface area (Å²) in [5.41, 5.74) is 2.29. The molecule has 0 N–H and O–H groups in total. The summed E-state index contributed by atoms with van der Waals surface area (Å²) in [7, 11) is 0. The fraction of sp³-hybridized carbons (Fsp3) is 0.667. The Hall–Kier alpha value is -1.67. The van der Waals surface area contributed by atoms with E-state index in [2.05, 4.69) is 37.5 Å². The topological polar surface area (TPSA) is 26.3 Å². The van der Waals surface area contributed by atoms with Crippen molar-refractivity contribution in [2.75, 3.05) is 0 Å². The summed E-state index contributed by atoms with van der Waals surface area (Å²) in [5.74, 6) is 12.7. The summed E-state index contributed by atoms with van der Waals surface area (Å²) in [6, 6.07) is 0. The van der Waals surface area contributed by atoms with Gasteiger partial charge in [0.1, 0.15) is 0 Å². The first-order chi connectivity index (χ1) is 11.2. The van der Waals surface area contributed by atoms with Crippen molar-refractivity contribution < 1.29 is 9.53 Å². The van der Waals surface area contributed by atoms with E-state index in [4.69, 9.17) is 4.74 Å². The van der Waals surface area contributed by atoms with Gasteiger partial charge in [0, 0.05) is 25.3 Å². The van der Waals surface area contributed by atoms with Crippen molar-refractivity contribution in [3.8, 4) is 23.7 Å². The van der Waals surface area contributed by atoms with E-state index in [0.29, 0.717) is 0 Å². The van der Waals surface area contributed by atoms with E-state index in [-0.39, 0.29) is 5.97 Å². The second kappa shape index (κ2) is 11.8. The Balaban J connectivity index is 2.95. The van der Waals surface area contributed by atoms with Crippen molar-refractivity contribution in [1.82, 2.24) is 0 Å². The molecule has 0 fully saturated rings. The summed E-state index contributed by atoms with van der Waals surface area (Å²) in [6.07, 6.45) is 10.1. The first-order valence-electron chi connectivity index (χ1n) is 9.05. The molecule has 0 bridgehead atoms. The molecular weight excluding hydrogens is 284 g/mol. The summed E-state index contributed by atoms with van der Waals surface area (Å²) in [5, 5.41) is 0. The standard InChI is InChI=1S/C21H30O2/c1-4-6-8-10-14-19-15-12-13-16-20(19)21(23-18(3)22)17-11-9-7-5-2/h21H,4-9,12-13,15-16H2,1-3H3. The van der Waals surface area contributed by atoms with Crippen LogP contribution in [0.5, 0.6) is 0 Å². The van der Waals surface area contributed by atoms with Gasteiger partial charge in [0.05, 0.1) is 0 Å². The molecule has 1 aliphatic carbocycles. The van der Waals surface area contributed by atoms with Gasteiger partial charge >= 0.3 is 5.97 Å². The number of hydrogen-bond donors (Lipinski definition) is 0. The number of carbonyl (C=O) groups excluding carboxylic acids is 1. The molecule has 0 radical (unpaired) electrons. The lowest BCUT2D eigenvalue weighted by molar-refractivity contribution is -0.142. The van der Waals surface area contributed by atoms with Crippen LogP contribution in [0.25, 0.3) is 0 Å². The SMILES string of the molecule is CCCCC#CC1=C(C(C#CCCCC)OC(C)=O)CCCC1. The summed E-state index contributed by atoms with van der Waals surface area (Å²) < 4.78 is 5.49. The van der Waals surface area contributed by atoms with Gasteiger partial charge in [-0.15, -0.1) is 0 Å². The summed E-state index contributed by atoms with van der Waals surface area (Å²) in [4.78, 5) is 11.4. The third-order valence-electron chi connectivity index (χ3n) is 3.89. The second-order valence-electron chi connectivity index (χ2n) is 6.03. The van der Waals surface area contributed by atoms with Gasteiger partial charge in [-0.05, 0) is 44.1 Å². The molecule has 0 aromatic carbocycles. The maximum absolute atomic E-state index is 11.4. The molecule has 126 valence electrons. The molecule has 0 aromatic heterocycles. The summed E-state index contributed by atoms with van der Waals surface area (Å²) >= 11 is 0. The van der Waals surface area contributed by atoms with Crippen LogP contribution in [-0.2, 0) is 9.53 Å². The fourth-order valence-electron chi connectivity index (χ4n) is 2.58. The number of rotatable bonds is 6. The van der Waals surface area contributed by atoms with Crippen molar-refractivity contribution in [3.63, 3.8) is 0 Å². The Kier molecular flexibility index (Phi) is 9.97. The first-order valence-corrected chi connectivity index (χ1v) is 9.05. The van der Waals surface area contributed by atoms with Gasteiger partial charge in [-0.25, -0.2) is 0 Å². The zero-order valence-corrected chi connectivity index (χ0v) is 15.0. The van der Waals surface area contributed by atoms with E-state index in [9.17, 15) is 4.79 Å². The van der Waals surface area contributed by atoms with Crippen LogP contribution in [0.1, 0.15) is 85.0 Å². The molecule has 1 atom stereocenters. The Morgan fingerprint density at radius 1 is 1.09 bits per heavy atom. The molecule has 1 aliphatic rings. The minimum absolute atomic E-state index is 0.267. The van der Waals surface area contributed by atoms with Crippen LogP contribution in [-0.4, -0.2) is 12.1 Å². The summed E-state index contributed by atoms with van der Waals surface area (Å²) in [6.45, 7) is 5.78.